The molecule has 0 aliphatic carbocycles. The molecule has 1 heterocycles. The van der Waals surface area contributed by atoms with Gasteiger partial charge in [0.2, 0.25) is 0 Å². The van der Waals surface area contributed by atoms with Crippen LogP contribution in [0.4, 0.5) is 15.8 Å². The average Bonchev–Trinajstić information content (AvgIpc) is 2.90. The monoisotopic (exact) mass is 293 g/mol. The molecule has 0 atom stereocenters. The van der Waals surface area contributed by atoms with E-state index in [4.69, 9.17) is 5.11 Å². The molecule has 3 N–H and O–H groups in total. The quantitative estimate of drug-likeness (QED) is 0.587. The van der Waals surface area contributed by atoms with Crippen LogP contribution in [-0.2, 0) is 0 Å². The van der Waals surface area contributed by atoms with Crippen LogP contribution in [-0.4, -0.2) is 26.9 Å². The largest absolute Gasteiger partial charge is 0.478 e. The van der Waals surface area contributed by atoms with Crippen LogP contribution in [0.5, 0.6) is 0 Å². The Balaban J connectivity index is 2.19. The summed E-state index contributed by atoms with van der Waals surface area (Å²) in [7, 11) is 0. The second kappa shape index (κ2) is 5.41. The van der Waals surface area contributed by atoms with Gasteiger partial charge in [0.1, 0.15) is 11.5 Å². The molecule has 0 unspecified atom stereocenters. The molecule has 9 heteroatoms. The number of anilines is 1. The summed E-state index contributed by atoms with van der Waals surface area (Å²) in [6, 6.07) is 3.97. The third-order valence-electron chi connectivity index (χ3n) is 2.59. The minimum absolute atomic E-state index is 0.122. The lowest BCUT2D eigenvalue weighted by Gasteiger charge is -2.05. The third kappa shape index (κ3) is 3.03. The number of nitrogens with one attached hydrogen (secondary N) is 2. The van der Waals surface area contributed by atoms with E-state index >= 15 is 0 Å². The maximum absolute atomic E-state index is 13.6. The number of hydrogen-bond acceptors (Lipinski definition) is 4. The third-order valence-corrected chi connectivity index (χ3v) is 2.59. The Bertz CT molecular complexity index is 740. The maximum Gasteiger partial charge on any atom is 0.335 e. The van der Waals surface area contributed by atoms with Gasteiger partial charge in [-0.1, -0.05) is 0 Å². The minimum atomic E-state index is -1.30. The van der Waals surface area contributed by atoms with Crippen molar-refractivity contribution < 1.29 is 24.0 Å². The molecule has 0 aliphatic heterocycles. The first kappa shape index (κ1) is 14.2. The number of carbonyl (C=O) groups excluding carboxylic acids is 1. The minimum Gasteiger partial charge on any atom is -0.478 e. The number of amides is 1. The van der Waals surface area contributed by atoms with E-state index in [1.807, 2.05) is 0 Å². The highest BCUT2D eigenvalue weighted by Crippen LogP contribution is 2.18. The highest BCUT2D eigenvalue weighted by molar-refractivity contribution is 6.03. The highest BCUT2D eigenvalue weighted by Gasteiger charge is 2.16. The summed E-state index contributed by atoms with van der Waals surface area (Å²) in [6.07, 6.45) is 1.03. The van der Waals surface area contributed by atoms with Crippen LogP contribution in [0.2, 0.25) is 0 Å². The number of rotatable bonds is 4. The van der Waals surface area contributed by atoms with Gasteiger partial charge >= 0.3 is 5.97 Å². The average molecular weight is 293 g/mol. The van der Waals surface area contributed by atoms with Gasteiger partial charge in [-0.05, 0) is 18.2 Å². The Labute approximate surface area is 116 Å². The van der Waals surface area contributed by atoms with Crippen LogP contribution in [0.25, 0.3) is 0 Å². The van der Waals surface area contributed by atoms with Crippen molar-refractivity contribution in [1.29, 1.82) is 0 Å². The van der Waals surface area contributed by atoms with E-state index in [0.717, 1.165) is 30.5 Å². The summed E-state index contributed by atoms with van der Waals surface area (Å²) in [6.45, 7) is 0. The standard InChI is InChI=1S/C12H8FN3O5/c13-8-3-6(12(18)19)1-2-9(8)15-11(17)10-4-7(5-14-10)16(20)21/h1-5,14H,(H,15,17)(H,18,19). The number of hydrogen-bond donors (Lipinski definition) is 3. The van der Waals surface area contributed by atoms with Gasteiger partial charge in [-0.2, -0.15) is 0 Å². The van der Waals surface area contributed by atoms with Crippen LogP contribution in [0.3, 0.4) is 0 Å². The molecule has 0 spiro atoms. The molecule has 0 bridgehead atoms. The van der Waals surface area contributed by atoms with Crippen LogP contribution < -0.4 is 5.32 Å². The molecule has 1 amide bonds. The number of nitrogens with zero attached hydrogens (tertiary/aromatic N) is 1. The summed E-state index contributed by atoms with van der Waals surface area (Å²) in [5.74, 6) is -3.01. The zero-order valence-electron chi connectivity index (χ0n) is 10.3. The van der Waals surface area contributed by atoms with Crippen molar-refractivity contribution in [1.82, 2.24) is 4.98 Å². The molecule has 0 fully saturated rings. The first-order valence-corrected chi connectivity index (χ1v) is 5.55. The summed E-state index contributed by atoms with van der Waals surface area (Å²) in [4.78, 5) is 34.6. The lowest BCUT2D eigenvalue weighted by atomic mass is 10.2. The van der Waals surface area contributed by atoms with E-state index in [9.17, 15) is 24.1 Å². The number of aromatic carboxylic acids is 1. The Hall–Kier alpha value is -3.23. The van der Waals surface area contributed by atoms with Crippen molar-refractivity contribution in [3.05, 3.63) is 57.7 Å². The molecule has 0 saturated heterocycles. The van der Waals surface area contributed by atoms with Gasteiger partial charge in [-0.3, -0.25) is 14.9 Å². The number of carbonyl (C=O) groups is 2. The van der Waals surface area contributed by atoms with Crippen molar-refractivity contribution in [3.63, 3.8) is 0 Å². The highest BCUT2D eigenvalue weighted by atomic mass is 19.1. The Kier molecular flexibility index (Phi) is 3.65. The maximum atomic E-state index is 13.6. The van der Waals surface area contributed by atoms with Gasteiger partial charge in [0.25, 0.3) is 11.6 Å². The number of carboxylic acids is 1. The van der Waals surface area contributed by atoms with Crippen LogP contribution in [0.15, 0.2) is 30.5 Å². The molecule has 1 aromatic carbocycles. The molecule has 0 radical (unpaired) electrons. The molecule has 108 valence electrons. The predicted molar refractivity (Wildman–Crippen MR) is 68.8 cm³/mol. The lowest BCUT2D eigenvalue weighted by molar-refractivity contribution is -0.384. The zero-order chi connectivity index (χ0) is 15.6. The number of halogens is 1. The molecule has 2 aromatic rings. The van der Waals surface area contributed by atoms with Gasteiger partial charge in [-0.25, -0.2) is 9.18 Å². The molecule has 1 aromatic heterocycles. The van der Waals surface area contributed by atoms with Gasteiger partial charge < -0.3 is 15.4 Å². The fraction of sp³-hybridized carbons (Fsp3) is 0. The smallest absolute Gasteiger partial charge is 0.335 e. The Morgan fingerprint density at radius 3 is 2.57 bits per heavy atom. The zero-order valence-corrected chi connectivity index (χ0v) is 10.3. The Morgan fingerprint density at radius 1 is 1.33 bits per heavy atom. The van der Waals surface area contributed by atoms with Crippen LogP contribution in [0.1, 0.15) is 20.8 Å². The van der Waals surface area contributed by atoms with E-state index in [1.54, 1.807) is 0 Å². The van der Waals surface area contributed by atoms with Crippen LogP contribution >= 0.6 is 0 Å². The molecule has 0 saturated carbocycles. The molecular formula is C12H8FN3O5. The van der Waals surface area contributed by atoms with Gasteiger partial charge in [0.05, 0.1) is 22.4 Å². The van der Waals surface area contributed by atoms with Crippen molar-refractivity contribution in [2.24, 2.45) is 0 Å². The van der Waals surface area contributed by atoms with Crippen LogP contribution in [0, 0.1) is 15.9 Å². The SMILES string of the molecule is O=C(O)c1ccc(NC(=O)c2cc([N+](=O)[O-])c[nH]2)c(F)c1. The second-order valence-corrected chi connectivity index (χ2v) is 3.98. The molecular weight excluding hydrogens is 285 g/mol. The van der Waals surface area contributed by atoms with Crippen molar-refractivity contribution in [3.8, 4) is 0 Å². The summed E-state index contributed by atoms with van der Waals surface area (Å²) in [5, 5.41) is 21.4. The van der Waals surface area contributed by atoms with Crippen molar-refractivity contribution in [2.45, 2.75) is 0 Å². The van der Waals surface area contributed by atoms with Gasteiger partial charge in [-0.15, -0.1) is 0 Å². The topological polar surface area (TPSA) is 125 Å². The summed E-state index contributed by atoms with van der Waals surface area (Å²) >= 11 is 0. The summed E-state index contributed by atoms with van der Waals surface area (Å²) in [5.41, 5.74) is -0.923. The number of aromatic amines is 1. The van der Waals surface area contributed by atoms with E-state index in [1.165, 1.54) is 0 Å². The first-order chi connectivity index (χ1) is 9.88. The normalized spacial score (nSPS) is 10.1. The van der Waals surface area contributed by atoms with E-state index < -0.39 is 22.6 Å². The molecule has 2 rings (SSSR count). The molecule has 0 aliphatic rings. The molecule has 21 heavy (non-hydrogen) atoms. The Morgan fingerprint density at radius 2 is 2.05 bits per heavy atom. The van der Waals surface area contributed by atoms with Crippen molar-refractivity contribution in [2.75, 3.05) is 5.32 Å². The first-order valence-electron chi connectivity index (χ1n) is 5.55. The fourth-order valence-corrected chi connectivity index (χ4v) is 1.56. The summed E-state index contributed by atoms with van der Waals surface area (Å²) < 4.78 is 13.6. The van der Waals surface area contributed by atoms with E-state index in [0.29, 0.717) is 0 Å². The number of benzene rings is 1. The second-order valence-electron chi connectivity index (χ2n) is 3.98. The number of nitro groups is 1. The van der Waals surface area contributed by atoms with Gasteiger partial charge in [0.15, 0.2) is 0 Å². The lowest BCUT2D eigenvalue weighted by Crippen LogP contribution is -2.13. The van der Waals surface area contributed by atoms with E-state index in [-0.39, 0.29) is 22.6 Å². The number of aromatic nitrogens is 1. The van der Waals surface area contributed by atoms with Gasteiger partial charge in [0, 0.05) is 6.07 Å². The van der Waals surface area contributed by atoms with Crippen molar-refractivity contribution >= 4 is 23.3 Å². The predicted octanol–water partition coefficient (Wildman–Crippen LogP) is 2.01. The number of carboxylic acid groups (broad SMARTS) is 1. The fourth-order valence-electron chi connectivity index (χ4n) is 1.56. The number of H-pyrrole nitrogens is 1. The van der Waals surface area contributed by atoms with E-state index in [2.05, 4.69) is 10.3 Å². The molecule has 8 nitrogen and oxygen atoms in total.